The number of hydrogen-bond acceptors (Lipinski definition) is 5. The molecule has 0 radical (unpaired) electrons. The maximum absolute atomic E-state index is 13.4. The number of fused-ring (bicyclic) bond motifs is 2. The van der Waals surface area contributed by atoms with Crippen molar-refractivity contribution >= 4 is 28.3 Å². The van der Waals surface area contributed by atoms with Gasteiger partial charge in [-0.15, -0.1) is 0 Å². The third kappa shape index (κ3) is 4.78. The van der Waals surface area contributed by atoms with E-state index in [1.54, 1.807) is 12.1 Å². The molecule has 7 heteroatoms. The Kier molecular flexibility index (Phi) is 6.40. The largest absolute Gasteiger partial charge is 0.472 e. The fraction of sp³-hybridized carbons (Fsp3) is 0.129. The van der Waals surface area contributed by atoms with Crippen molar-refractivity contribution in [2.24, 2.45) is 0 Å². The lowest BCUT2D eigenvalue weighted by atomic mass is 10.0. The van der Waals surface area contributed by atoms with E-state index in [-0.39, 0.29) is 29.8 Å². The van der Waals surface area contributed by atoms with Gasteiger partial charge in [-0.25, -0.2) is 9.37 Å². The molecule has 4 aromatic carbocycles. The third-order valence-electron chi connectivity index (χ3n) is 6.72. The Bertz CT molecular complexity index is 1620. The van der Waals surface area contributed by atoms with Crippen LogP contribution in [0.25, 0.3) is 10.8 Å². The highest BCUT2D eigenvalue weighted by Gasteiger charge is 2.24. The number of anilines is 2. The molecule has 0 unspecified atom stereocenters. The van der Waals surface area contributed by atoms with Gasteiger partial charge in [0.15, 0.2) is 0 Å². The zero-order valence-electron chi connectivity index (χ0n) is 20.6. The Balaban J connectivity index is 1.28. The van der Waals surface area contributed by atoms with Gasteiger partial charge >= 0.3 is 0 Å². The van der Waals surface area contributed by atoms with Gasteiger partial charge in [-0.2, -0.15) is 4.98 Å². The summed E-state index contributed by atoms with van der Waals surface area (Å²) >= 11 is 0. The monoisotopic (exact) mass is 504 g/mol. The number of amides is 1. The lowest BCUT2D eigenvalue weighted by Gasteiger charge is -2.19. The predicted molar refractivity (Wildman–Crippen MR) is 145 cm³/mol. The lowest BCUT2D eigenvalue weighted by molar-refractivity contribution is 0.0945. The quantitative estimate of drug-likeness (QED) is 0.296. The smallest absolute Gasteiger partial charge is 0.258 e. The fourth-order valence-electron chi connectivity index (χ4n) is 4.75. The van der Waals surface area contributed by atoms with E-state index >= 15 is 0 Å². The summed E-state index contributed by atoms with van der Waals surface area (Å²) in [4.78, 5) is 24.6. The summed E-state index contributed by atoms with van der Waals surface area (Å²) in [6.45, 7) is 1.22. The van der Waals surface area contributed by atoms with E-state index in [2.05, 4.69) is 21.4 Å². The molecule has 5 aromatic rings. The molecule has 188 valence electrons. The minimum Gasteiger partial charge on any atom is -0.472 e. The van der Waals surface area contributed by atoms with Crippen LogP contribution in [0.1, 0.15) is 27.0 Å². The minimum absolute atomic E-state index is 0.136. The number of nitrogens with zero attached hydrogens (tertiary/aromatic N) is 3. The zero-order chi connectivity index (χ0) is 25.9. The molecular formula is C31H25FN4O2. The molecule has 0 fully saturated rings. The number of carbonyl (C=O) groups is 1. The Morgan fingerprint density at radius 1 is 0.947 bits per heavy atom. The van der Waals surface area contributed by atoms with Crippen molar-refractivity contribution in [1.82, 2.24) is 15.3 Å². The van der Waals surface area contributed by atoms with E-state index in [1.807, 2.05) is 65.6 Å². The minimum atomic E-state index is -0.333. The van der Waals surface area contributed by atoms with Crippen molar-refractivity contribution in [2.75, 3.05) is 11.4 Å². The second-order valence-electron chi connectivity index (χ2n) is 9.16. The molecular weight excluding hydrogens is 479 g/mol. The van der Waals surface area contributed by atoms with E-state index in [0.29, 0.717) is 12.5 Å². The summed E-state index contributed by atoms with van der Waals surface area (Å²) in [7, 11) is 0. The summed E-state index contributed by atoms with van der Waals surface area (Å²) in [6.07, 6.45) is 2.40. The Morgan fingerprint density at radius 2 is 1.74 bits per heavy atom. The molecule has 1 N–H and O–H groups in total. The van der Waals surface area contributed by atoms with E-state index in [9.17, 15) is 9.18 Å². The number of rotatable bonds is 7. The molecule has 0 saturated carbocycles. The highest BCUT2D eigenvalue weighted by molar-refractivity contribution is 5.96. The van der Waals surface area contributed by atoms with Gasteiger partial charge in [-0.3, -0.25) is 4.79 Å². The molecule has 0 bridgehead atoms. The number of nitrogens with one attached hydrogen (secondary N) is 1. The first-order valence-corrected chi connectivity index (χ1v) is 12.5. The van der Waals surface area contributed by atoms with Crippen LogP contribution in [-0.2, 0) is 19.6 Å². The maximum atomic E-state index is 13.4. The van der Waals surface area contributed by atoms with E-state index in [0.717, 1.165) is 40.6 Å². The van der Waals surface area contributed by atoms with Crippen molar-refractivity contribution in [2.45, 2.75) is 19.6 Å². The summed E-state index contributed by atoms with van der Waals surface area (Å²) in [5.74, 6) is -0.00604. The second-order valence-corrected chi connectivity index (χ2v) is 9.16. The second kappa shape index (κ2) is 10.3. The van der Waals surface area contributed by atoms with Gasteiger partial charge in [0.1, 0.15) is 18.0 Å². The van der Waals surface area contributed by atoms with Crippen LogP contribution in [0.4, 0.5) is 16.0 Å². The molecule has 38 heavy (non-hydrogen) atoms. The first-order chi connectivity index (χ1) is 18.7. The summed E-state index contributed by atoms with van der Waals surface area (Å²) < 4.78 is 19.4. The standard InChI is InChI=1S/C31H25FN4O2/c32-25-14-12-21(13-15-25)20-38-30-27(19-34-31(35-30)36-17-16-23-7-2-4-11-28(23)36)29(37)33-18-24-9-5-8-22-6-1-3-10-26(22)24/h1-15,19H,16-18,20H2,(H,33,37). The molecule has 1 aliphatic rings. The lowest BCUT2D eigenvalue weighted by Crippen LogP contribution is -2.25. The molecule has 6 nitrogen and oxygen atoms in total. The molecule has 1 aliphatic heterocycles. The van der Waals surface area contributed by atoms with Gasteiger partial charge in [0.25, 0.3) is 5.91 Å². The zero-order valence-corrected chi connectivity index (χ0v) is 20.6. The number of carbonyl (C=O) groups excluding carboxylic acids is 1. The van der Waals surface area contributed by atoms with Gasteiger partial charge < -0.3 is 15.0 Å². The van der Waals surface area contributed by atoms with Crippen molar-refractivity contribution in [3.8, 4) is 5.88 Å². The highest BCUT2D eigenvalue weighted by Crippen LogP contribution is 2.33. The van der Waals surface area contributed by atoms with Crippen molar-refractivity contribution in [3.05, 3.63) is 125 Å². The van der Waals surface area contributed by atoms with Crippen LogP contribution in [0.15, 0.2) is 97.2 Å². The van der Waals surface area contributed by atoms with Crippen LogP contribution >= 0.6 is 0 Å². The normalized spacial score (nSPS) is 12.4. The number of benzene rings is 4. The number of halogens is 1. The molecule has 0 aliphatic carbocycles. The van der Waals surface area contributed by atoms with Crippen molar-refractivity contribution in [3.63, 3.8) is 0 Å². The molecule has 6 rings (SSSR count). The van der Waals surface area contributed by atoms with E-state index in [1.165, 1.54) is 23.9 Å². The summed E-state index contributed by atoms with van der Waals surface area (Å²) in [5.41, 5.74) is 4.28. The van der Waals surface area contributed by atoms with E-state index < -0.39 is 0 Å². The van der Waals surface area contributed by atoms with Gasteiger partial charge in [-0.05, 0) is 52.1 Å². The van der Waals surface area contributed by atoms with Crippen molar-refractivity contribution in [1.29, 1.82) is 0 Å². The maximum Gasteiger partial charge on any atom is 0.258 e. The Hall–Kier alpha value is -4.78. The van der Waals surface area contributed by atoms with Gasteiger partial charge in [0, 0.05) is 25.0 Å². The summed E-state index contributed by atoms with van der Waals surface area (Å²) in [5, 5.41) is 5.19. The van der Waals surface area contributed by atoms with Crippen LogP contribution in [0, 0.1) is 5.82 Å². The predicted octanol–water partition coefficient (Wildman–Crippen LogP) is 5.97. The fourth-order valence-corrected chi connectivity index (χ4v) is 4.75. The topological polar surface area (TPSA) is 67.4 Å². The van der Waals surface area contributed by atoms with Gasteiger partial charge in [-0.1, -0.05) is 72.8 Å². The Labute approximate surface area is 219 Å². The average Bonchev–Trinajstić information content (AvgIpc) is 3.40. The molecule has 2 heterocycles. The highest BCUT2D eigenvalue weighted by atomic mass is 19.1. The third-order valence-corrected chi connectivity index (χ3v) is 6.72. The van der Waals surface area contributed by atoms with Crippen molar-refractivity contribution < 1.29 is 13.9 Å². The molecule has 0 saturated heterocycles. The molecule has 0 spiro atoms. The van der Waals surface area contributed by atoms with Crippen LogP contribution in [0.3, 0.4) is 0 Å². The SMILES string of the molecule is O=C(NCc1cccc2ccccc12)c1cnc(N2CCc3ccccc32)nc1OCc1ccc(F)cc1. The Morgan fingerprint density at radius 3 is 2.63 bits per heavy atom. The van der Waals surface area contributed by atoms with Crippen LogP contribution < -0.4 is 15.0 Å². The molecule has 1 aromatic heterocycles. The first-order valence-electron chi connectivity index (χ1n) is 12.5. The first kappa shape index (κ1) is 23.6. The number of para-hydroxylation sites is 1. The molecule has 0 atom stereocenters. The number of aromatic nitrogens is 2. The number of hydrogen-bond donors (Lipinski definition) is 1. The van der Waals surface area contributed by atoms with Gasteiger partial charge in [0.2, 0.25) is 11.8 Å². The average molecular weight is 505 g/mol. The number of ether oxygens (including phenoxy) is 1. The van der Waals surface area contributed by atoms with Gasteiger partial charge in [0.05, 0.1) is 0 Å². The van der Waals surface area contributed by atoms with Crippen LogP contribution in [0.2, 0.25) is 0 Å². The van der Waals surface area contributed by atoms with E-state index in [4.69, 9.17) is 4.74 Å². The summed E-state index contributed by atoms with van der Waals surface area (Å²) in [6, 6.07) is 28.3. The van der Waals surface area contributed by atoms with Crippen LogP contribution in [0.5, 0.6) is 5.88 Å². The molecule has 1 amide bonds. The van der Waals surface area contributed by atoms with Crippen LogP contribution in [-0.4, -0.2) is 22.4 Å².